The molecule has 2 atom stereocenters. The van der Waals surface area contributed by atoms with Crippen LogP contribution in [0, 0.1) is 11.8 Å². The minimum Gasteiger partial charge on any atom is -0.374 e. The highest BCUT2D eigenvalue weighted by Gasteiger charge is 2.24. The second-order valence-electron chi connectivity index (χ2n) is 4.88. The van der Waals surface area contributed by atoms with Gasteiger partial charge in [-0.2, -0.15) is 0 Å². The number of nitrogens with zero attached hydrogens (tertiary/aromatic N) is 2. The van der Waals surface area contributed by atoms with Gasteiger partial charge in [0.05, 0.1) is 0 Å². The molecule has 0 bridgehead atoms. The van der Waals surface area contributed by atoms with Gasteiger partial charge in [-0.3, -0.25) is 9.97 Å². The minimum absolute atomic E-state index is 0.578. The summed E-state index contributed by atoms with van der Waals surface area (Å²) in [6.07, 6.45) is 6.35. The molecule has 2 unspecified atom stereocenters. The van der Waals surface area contributed by atoms with E-state index in [0.717, 1.165) is 0 Å². The third-order valence-electron chi connectivity index (χ3n) is 3.00. The van der Waals surface area contributed by atoms with Gasteiger partial charge < -0.3 is 10.2 Å². The van der Waals surface area contributed by atoms with Crippen LogP contribution in [0.15, 0.2) is 49.1 Å². The number of aromatic nitrogens is 2. The van der Waals surface area contributed by atoms with E-state index in [0.29, 0.717) is 11.1 Å². The van der Waals surface area contributed by atoms with Crippen LogP contribution in [0.3, 0.4) is 0 Å². The zero-order chi connectivity index (χ0) is 14.6. The molecule has 0 spiro atoms. The fourth-order valence-corrected chi connectivity index (χ4v) is 1.69. The maximum absolute atomic E-state index is 10.4. The van der Waals surface area contributed by atoms with E-state index in [1.807, 2.05) is 0 Å². The number of aliphatic hydroxyl groups is 2. The molecule has 2 rings (SSSR count). The Morgan fingerprint density at radius 2 is 1.25 bits per heavy atom. The summed E-state index contributed by atoms with van der Waals surface area (Å²) in [7, 11) is 0. The molecule has 0 aliphatic rings. The maximum atomic E-state index is 10.4. The lowest BCUT2D eigenvalue weighted by Gasteiger charge is -2.20. The molecule has 0 fully saturated rings. The van der Waals surface area contributed by atoms with E-state index in [1.165, 1.54) is 0 Å². The Kier molecular flexibility index (Phi) is 3.84. The summed E-state index contributed by atoms with van der Waals surface area (Å²) in [5.41, 5.74) is -1.59. The Balaban J connectivity index is 2.30. The predicted molar refractivity (Wildman–Crippen MR) is 75.4 cm³/mol. The Labute approximate surface area is 118 Å². The highest BCUT2D eigenvalue weighted by Crippen LogP contribution is 2.22. The van der Waals surface area contributed by atoms with E-state index in [9.17, 15) is 10.2 Å². The van der Waals surface area contributed by atoms with Crippen molar-refractivity contribution in [1.82, 2.24) is 9.97 Å². The summed E-state index contributed by atoms with van der Waals surface area (Å²) in [5.74, 6) is 5.40. The first-order chi connectivity index (χ1) is 9.42. The number of hydrogen-bond donors (Lipinski definition) is 2. The molecule has 0 aliphatic heterocycles. The van der Waals surface area contributed by atoms with Crippen LogP contribution in [-0.4, -0.2) is 20.2 Å². The molecule has 0 saturated carbocycles. The molecule has 102 valence electrons. The lowest BCUT2D eigenvalue weighted by atomic mass is 9.94. The molecule has 0 aromatic carbocycles. The first kappa shape index (κ1) is 14.2. The molecular weight excluding hydrogens is 252 g/mol. The van der Waals surface area contributed by atoms with Crippen LogP contribution in [0.25, 0.3) is 0 Å². The van der Waals surface area contributed by atoms with Crippen molar-refractivity contribution in [2.75, 3.05) is 0 Å². The van der Waals surface area contributed by atoms with Gasteiger partial charge in [0.1, 0.15) is 11.2 Å². The van der Waals surface area contributed by atoms with Gasteiger partial charge >= 0.3 is 0 Å². The van der Waals surface area contributed by atoms with Crippen molar-refractivity contribution in [1.29, 1.82) is 0 Å². The van der Waals surface area contributed by atoms with E-state index in [1.54, 1.807) is 62.9 Å². The van der Waals surface area contributed by atoms with E-state index in [-0.39, 0.29) is 0 Å². The van der Waals surface area contributed by atoms with Crippen molar-refractivity contribution in [3.63, 3.8) is 0 Å². The quantitative estimate of drug-likeness (QED) is 0.812. The van der Waals surface area contributed by atoms with Gasteiger partial charge in [-0.1, -0.05) is 24.0 Å². The van der Waals surface area contributed by atoms with Gasteiger partial charge in [-0.25, -0.2) is 0 Å². The first-order valence-electron chi connectivity index (χ1n) is 6.22. The van der Waals surface area contributed by atoms with Crippen LogP contribution in [0.4, 0.5) is 0 Å². The standard InChI is InChI=1S/C16H16N2O2/c1-15(19,13-5-3-9-17-11-13)7-8-16(2,20)14-6-4-10-18-12-14/h3-6,9-12,19-20H,1-2H3. The summed E-state index contributed by atoms with van der Waals surface area (Å²) in [4.78, 5) is 7.91. The van der Waals surface area contributed by atoms with E-state index in [4.69, 9.17) is 0 Å². The highest BCUT2D eigenvalue weighted by atomic mass is 16.3. The summed E-state index contributed by atoms with van der Waals surface area (Å²) in [5, 5.41) is 20.7. The molecule has 4 nitrogen and oxygen atoms in total. The average Bonchev–Trinajstić information content (AvgIpc) is 2.47. The highest BCUT2D eigenvalue weighted by molar-refractivity contribution is 5.34. The number of pyridine rings is 2. The molecule has 2 N–H and O–H groups in total. The normalized spacial score (nSPS) is 16.4. The molecular formula is C16H16N2O2. The van der Waals surface area contributed by atoms with Crippen LogP contribution in [0.5, 0.6) is 0 Å². The van der Waals surface area contributed by atoms with E-state index in [2.05, 4.69) is 21.8 Å². The topological polar surface area (TPSA) is 66.2 Å². The van der Waals surface area contributed by atoms with Gasteiger partial charge in [0, 0.05) is 35.9 Å². The minimum atomic E-state index is -1.37. The van der Waals surface area contributed by atoms with Crippen LogP contribution in [0.2, 0.25) is 0 Å². The molecule has 20 heavy (non-hydrogen) atoms. The molecule has 0 saturated heterocycles. The Morgan fingerprint density at radius 1 is 0.850 bits per heavy atom. The maximum Gasteiger partial charge on any atom is 0.149 e. The first-order valence-corrected chi connectivity index (χ1v) is 6.22. The second kappa shape index (κ2) is 5.41. The fraction of sp³-hybridized carbons (Fsp3) is 0.250. The van der Waals surface area contributed by atoms with Crippen molar-refractivity contribution in [2.24, 2.45) is 0 Å². The largest absolute Gasteiger partial charge is 0.374 e. The molecule has 2 aromatic heterocycles. The van der Waals surface area contributed by atoms with Crippen molar-refractivity contribution >= 4 is 0 Å². The van der Waals surface area contributed by atoms with Crippen molar-refractivity contribution in [3.05, 3.63) is 60.2 Å². The number of rotatable bonds is 2. The van der Waals surface area contributed by atoms with Crippen LogP contribution in [0.1, 0.15) is 25.0 Å². The predicted octanol–water partition coefficient (Wildman–Crippen LogP) is 1.60. The average molecular weight is 268 g/mol. The lowest BCUT2D eigenvalue weighted by molar-refractivity contribution is 0.109. The smallest absolute Gasteiger partial charge is 0.149 e. The fourth-order valence-electron chi connectivity index (χ4n) is 1.69. The van der Waals surface area contributed by atoms with Gasteiger partial charge in [0.15, 0.2) is 0 Å². The van der Waals surface area contributed by atoms with Gasteiger partial charge in [-0.15, -0.1) is 0 Å². The summed E-state index contributed by atoms with van der Waals surface area (Å²) >= 11 is 0. The van der Waals surface area contributed by atoms with Crippen LogP contribution < -0.4 is 0 Å². The summed E-state index contributed by atoms with van der Waals surface area (Å²) in [6, 6.07) is 6.93. The molecule has 0 aliphatic carbocycles. The molecule has 4 heteroatoms. The summed E-state index contributed by atoms with van der Waals surface area (Å²) < 4.78 is 0. The van der Waals surface area contributed by atoms with Gasteiger partial charge in [-0.05, 0) is 26.0 Å². The zero-order valence-electron chi connectivity index (χ0n) is 11.4. The second-order valence-corrected chi connectivity index (χ2v) is 4.88. The van der Waals surface area contributed by atoms with Gasteiger partial charge in [0.2, 0.25) is 0 Å². The third kappa shape index (κ3) is 3.21. The van der Waals surface area contributed by atoms with Crippen molar-refractivity contribution in [3.8, 4) is 11.8 Å². The van der Waals surface area contributed by atoms with Crippen LogP contribution >= 0.6 is 0 Å². The Bertz CT molecular complexity index is 570. The van der Waals surface area contributed by atoms with Gasteiger partial charge in [0.25, 0.3) is 0 Å². The number of hydrogen-bond acceptors (Lipinski definition) is 4. The Morgan fingerprint density at radius 3 is 1.55 bits per heavy atom. The molecule has 2 heterocycles. The monoisotopic (exact) mass is 268 g/mol. The molecule has 0 amide bonds. The van der Waals surface area contributed by atoms with Crippen LogP contribution in [-0.2, 0) is 11.2 Å². The van der Waals surface area contributed by atoms with Crippen molar-refractivity contribution in [2.45, 2.75) is 25.0 Å². The lowest BCUT2D eigenvalue weighted by Crippen LogP contribution is -2.23. The molecule has 2 aromatic rings. The SMILES string of the molecule is CC(O)(C#CC(C)(O)c1cccnc1)c1cccnc1. The Hall–Kier alpha value is -2.22. The zero-order valence-corrected chi connectivity index (χ0v) is 11.4. The van der Waals surface area contributed by atoms with Crippen molar-refractivity contribution < 1.29 is 10.2 Å². The van der Waals surface area contributed by atoms with E-state index < -0.39 is 11.2 Å². The third-order valence-corrected chi connectivity index (χ3v) is 3.00. The molecule has 0 radical (unpaired) electrons. The van der Waals surface area contributed by atoms with E-state index >= 15 is 0 Å². The summed E-state index contributed by atoms with van der Waals surface area (Å²) in [6.45, 7) is 3.13.